The van der Waals surface area contributed by atoms with Gasteiger partial charge >= 0.3 is 0 Å². The van der Waals surface area contributed by atoms with Crippen LogP contribution in [-0.4, -0.2) is 132 Å². The van der Waals surface area contributed by atoms with Gasteiger partial charge < -0.3 is 39.7 Å². The number of amides is 2. The quantitative estimate of drug-likeness (QED) is 0.0967. The Kier molecular flexibility index (Phi) is 13.7. The van der Waals surface area contributed by atoms with Crippen molar-refractivity contribution in [3.8, 4) is 23.0 Å². The van der Waals surface area contributed by atoms with Crippen LogP contribution in [-0.2, 0) is 23.2 Å². The molecule has 10 aromatic rings. The van der Waals surface area contributed by atoms with Crippen molar-refractivity contribution in [1.29, 1.82) is 0 Å². The molecule has 6 aromatic heterocycles. The average molecular weight is 1100 g/mol. The highest BCUT2D eigenvalue weighted by atomic mass is 19.1. The van der Waals surface area contributed by atoms with Gasteiger partial charge in [0.15, 0.2) is 17.5 Å². The molecule has 0 radical (unpaired) electrons. The Morgan fingerprint density at radius 2 is 1.30 bits per heavy atom. The van der Waals surface area contributed by atoms with Gasteiger partial charge in [0.1, 0.15) is 69.4 Å². The van der Waals surface area contributed by atoms with Crippen molar-refractivity contribution in [2.24, 2.45) is 7.05 Å². The van der Waals surface area contributed by atoms with Crippen molar-refractivity contribution in [1.82, 2.24) is 69.7 Å². The Balaban J connectivity index is 0.644. The van der Waals surface area contributed by atoms with E-state index in [9.17, 15) is 14.0 Å². The van der Waals surface area contributed by atoms with Crippen LogP contribution in [0.4, 0.5) is 39.0 Å². The van der Waals surface area contributed by atoms with Crippen LogP contribution in [0, 0.1) is 13.8 Å². The van der Waals surface area contributed by atoms with Crippen molar-refractivity contribution < 1.29 is 23.5 Å². The lowest BCUT2D eigenvalue weighted by Crippen LogP contribution is -2.61. The predicted octanol–water partition coefficient (Wildman–Crippen LogP) is 9.28. The zero-order valence-corrected chi connectivity index (χ0v) is 45.9. The first-order valence-corrected chi connectivity index (χ1v) is 26.7. The predicted molar refractivity (Wildman–Crippen MR) is 311 cm³/mol. The van der Waals surface area contributed by atoms with E-state index in [4.69, 9.17) is 19.4 Å². The third kappa shape index (κ3) is 10.6. The van der Waals surface area contributed by atoms with E-state index in [-0.39, 0.29) is 11.9 Å². The Bertz CT molecular complexity index is 4180. The van der Waals surface area contributed by atoms with E-state index < -0.39 is 17.3 Å². The first-order valence-electron chi connectivity index (χ1n) is 26.7. The molecule has 2 aliphatic rings. The topological polar surface area (TPSA) is 228 Å². The molecule has 0 bridgehead atoms. The molecule has 0 spiro atoms. The summed E-state index contributed by atoms with van der Waals surface area (Å²) in [7, 11) is 1.85. The highest BCUT2D eigenvalue weighted by molar-refractivity contribution is 5.92. The van der Waals surface area contributed by atoms with Gasteiger partial charge in [-0.25, -0.2) is 43.7 Å². The molecule has 1 atom stereocenters. The van der Waals surface area contributed by atoms with Gasteiger partial charge in [-0.15, -0.1) is 10.2 Å². The highest BCUT2D eigenvalue weighted by Gasteiger charge is 2.38. The minimum Gasteiger partial charge on any atom is -0.457 e. The van der Waals surface area contributed by atoms with Crippen molar-refractivity contribution in [3.63, 3.8) is 0 Å². The van der Waals surface area contributed by atoms with E-state index in [1.165, 1.54) is 17.6 Å². The second-order valence-corrected chi connectivity index (χ2v) is 21.0. The molecular formula is C59H57FN18O4. The van der Waals surface area contributed by atoms with Gasteiger partial charge in [0, 0.05) is 81.9 Å². The van der Waals surface area contributed by atoms with Crippen LogP contribution in [0.15, 0.2) is 134 Å². The van der Waals surface area contributed by atoms with Gasteiger partial charge in [0.05, 0.1) is 34.2 Å². The minimum atomic E-state index is -0.970. The molecule has 82 heavy (non-hydrogen) atoms. The molecule has 4 aromatic carbocycles. The first-order chi connectivity index (χ1) is 39.6. The fraction of sp³-hybridized carbons (Fsp3) is 0.254. The molecule has 8 heterocycles. The number of aryl methyl sites for hydroxylation is 3. The number of allylic oxidation sites excluding steroid dienone is 1. The second-order valence-electron chi connectivity index (χ2n) is 21.0. The summed E-state index contributed by atoms with van der Waals surface area (Å²) in [6.07, 6.45) is 6.41. The molecule has 2 saturated heterocycles. The fourth-order valence-corrected chi connectivity index (χ4v) is 10.6. The lowest BCUT2D eigenvalue weighted by molar-refractivity contribution is -0.134. The van der Waals surface area contributed by atoms with Crippen LogP contribution in [0.1, 0.15) is 31.9 Å². The number of anilines is 6. The lowest BCUT2D eigenvalue weighted by Gasteiger charge is -2.47. The SMILES string of the molecule is C=C(F)C(=O)N1CCN(c2ccc3ncnc(Nc4ccc(Oc5ccc6c(c5)nnn6C/C=C/C(=O)N5CCN(c6ccc7ncnc(Nc8ccc(Oc9ccc%10c(c9)nnn%10C)c(C)c8)c7n6)[C@@H](C)C5)c(C)c4)c3n2)CC1(C)C. The molecule has 0 aliphatic carbocycles. The molecular weight excluding hydrogens is 1040 g/mol. The van der Waals surface area contributed by atoms with Crippen LogP contribution in [0.5, 0.6) is 23.0 Å². The number of benzene rings is 4. The third-order valence-electron chi connectivity index (χ3n) is 14.8. The van der Waals surface area contributed by atoms with Crippen molar-refractivity contribution in [2.45, 2.75) is 52.7 Å². The largest absolute Gasteiger partial charge is 0.457 e. The zero-order chi connectivity index (χ0) is 56.8. The smallest absolute Gasteiger partial charge is 0.282 e. The summed E-state index contributed by atoms with van der Waals surface area (Å²) in [5.74, 6) is 3.44. The fourth-order valence-electron chi connectivity index (χ4n) is 10.6. The van der Waals surface area contributed by atoms with E-state index in [1.807, 2.05) is 137 Å². The number of aromatic nitrogens is 12. The number of nitrogens with zero attached hydrogens (tertiary/aromatic N) is 16. The molecule has 2 N–H and O–H groups in total. The van der Waals surface area contributed by atoms with E-state index in [0.717, 1.165) is 44.9 Å². The maximum absolute atomic E-state index is 13.8. The molecule has 0 unspecified atom stereocenters. The summed E-state index contributed by atoms with van der Waals surface area (Å²) in [4.78, 5) is 61.7. The molecule has 414 valence electrons. The highest BCUT2D eigenvalue weighted by Crippen LogP contribution is 2.35. The summed E-state index contributed by atoms with van der Waals surface area (Å²) in [5, 5.41) is 23.9. The number of carbonyl (C=O) groups is 2. The number of nitrogens with one attached hydrogen (secondary N) is 2. The van der Waals surface area contributed by atoms with Gasteiger partial charge in [-0.3, -0.25) is 9.59 Å². The zero-order valence-electron chi connectivity index (χ0n) is 45.9. The number of ether oxygens (including phenoxy) is 2. The molecule has 0 saturated carbocycles. The lowest BCUT2D eigenvalue weighted by atomic mass is 9.98. The summed E-state index contributed by atoms with van der Waals surface area (Å²) in [6, 6.07) is 30.6. The number of fused-ring (bicyclic) bond motifs is 4. The Hall–Kier alpha value is -10.2. The van der Waals surface area contributed by atoms with Crippen molar-refractivity contribution in [3.05, 3.63) is 145 Å². The maximum Gasteiger partial charge on any atom is 0.282 e. The van der Waals surface area contributed by atoms with Crippen molar-refractivity contribution >= 4 is 90.6 Å². The molecule has 23 heteroatoms. The molecule has 22 nitrogen and oxygen atoms in total. The molecule has 2 amide bonds. The Morgan fingerprint density at radius 1 is 0.707 bits per heavy atom. The number of carbonyl (C=O) groups excluding carboxylic acids is 2. The van der Waals surface area contributed by atoms with Crippen LogP contribution in [0.3, 0.4) is 0 Å². The number of halogens is 1. The van der Waals surface area contributed by atoms with E-state index in [2.05, 4.69) is 74.5 Å². The number of rotatable bonds is 14. The van der Waals surface area contributed by atoms with Crippen LogP contribution >= 0.6 is 0 Å². The normalized spacial score (nSPS) is 15.5. The molecule has 12 rings (SSSR count). The number of hydrogen-bond donors (Lipinski definition) is 2. The molecule has 2 aliphatic heterocycles. The van der Waals surface area contributed by atoms with Crippen molar-refractivity contribution in [2.75, 3.05) is 59.7 Å². The van der Waals surface area contributed by atoms with Crippen LogP contribution in [0.25, 0.3) is 44.1 Å². The number of piperazine rings is 2. The van der Waals surface area contributed by atoms with E-state index >= 15 is 0 Å². The Morgan fingerprint density at radius 3 is 1.91 bits per heavy atom. The van der Waals surface area contributed by atoms with E-state index in [0.29, 0.717) is 114 Å². The van der Waals surface area contributed by atoms with Gasteiger partial charge in [-0.2, -0.15) is 0 Å². The molecule has 2 fully saturated rings. The summed E-state index contributed by atoms with van der Waals surface area (Å²) >= 11 is 0. The maximum atomic E-state index is 13.8. The minimum absolute atomic E-state index is 0.0189. The van der Waals surface area contributed by atoms with Gasteiger partial charge in [0.25, 0.3) is 5.91 Å². The van der Waals surface area contributed by atoms with Crippen LogP contribution < -0.4 is 29.9 Å². The summed E-state index contributed by atoms with van der Waals surface area (Å²) in [5.41, 5.74) is 8.42. The number of hydrogen-bond acceptors (Lipinski definition) is 18. The van der Waals surface area contributed by atoms with Crippen LogP contribution in [0.2, 0.25) is 0 Å². The second kappa shape index (κ2) is 21.5. The summed E-state index contributed by atoms with van der Waals surface area (Å²) in [6.45, 7) is 16.2. The van der Waals surface area contributed by atoms with E-state index in [1.54, 1.807) is 21.5 Å². The standard InChI is InChI=1S/C59H57FN18O4/c1-35-28-40(11-18-49(35)81-41-12-16-47-45(29-41)69-71-73(47)7)66-57-55-44(62-34-64-57)15-21-52(68-55)76-25-23-74(31-37(76)3)53(79)9-8-22-78-48-17-13-42(30-46(48)70-72-78)82-50-19-10-39(27-36(50)2)65-56-54-43(61-33-63-56)14-20-51(67-54)75-24-26-77(58(80)38(4)60)59(5,6)32-75/h8-21,27-30,33-34,37H,4,22-26,31-32H2,1-3,5-7H3,(H,61,63,65)(H,62,64,66)/b9-8+/t37-/m0/s1. The van der Waals surface area contributed by atoms with Gasteiger partial charge in [-0.05, 0) is 131 Å². The first kappa shape index (κ1) is 52.5. The van der Waals surface area contributed by atoms with Gasteiger partial charge in [0.2, 0.25) is 5.91 Å². The monoisotopic (exact) mass is 1100 g/mol. The van der Waals surface area contributed by atoms with Gasteiger partial charge in [-0.1, -0.05) is 23.1 Å². The average Bonchev–Trinajstić information content (AvgIpc) is 4.20. The number of pyridine rings is 2. The summed E-state index contributed by atoms with van der Waals surface area (Å²) < 4.78 is 29.8. The third-order valence-corrected chi connectivity index (χ3v) is 14.8. The Labute approximate surface area is 469 Å².